The Morgan fingerprint density at radius 3 is 2.61 bits per heavy atom. The molecule has 4 nitrogen and oxygen atoms in total. The highest BCUT2D eigenvalue weighted by Crippen LogP contribution is 2.20. The average Bonchev–Trinajstić information content (AvgIpc) is 2.59. The summed E-state index contributed by atoms with van der Waals surface area (Å²) < 4.78 is 6.84. The summed E-state index contributed by atoms with van der Waals surface area (Å²) in [7, 11) is 0. The highest BCUT2D eigenvalue weighted by Gasteiger charge is 2.12. The fourth-order valence-electron chi connectivity index (χ4n) is 1.97. The van der Waals surface area contributed by atoms with Gasteiger partial charge in [0.15, 0.2) is 0 Å². The molecule has 1 atom stereocenters. The number of hydrogen-bond donors (Lipinski definition) is 2. The van der Waals surface area contributed by atoms with Gasteiger partial charge in [0.2, 0.25) is 0 Å². The first kappa shape index (κ1) is 17.5. The summed E-state index contributed by atoms with van der Waals surface area (Å²) >= 11 is 3.40. The number of rotatable bonds is 7. The number of ether oxygens (including phenoxy) is 1. The molecule has 0 aromatic heterocycles. The molecule has 0 saturated carbocycles. The third-order valence-electron chi connectivity index (χ3n) is 3.45. The number of para-hydroxylation sites is 1. The number of carbonyl (C=O) groups is 1. The summed E-state index contributed by atoms with van der Waals surface area (Å²) in [5.74, 6) is 0.680. The Bertz CT molecular complexity index is 644. The summed E-state index contributed by atoms with van der Waals surface area (Å²) in [5.41, 5.74) is 7.15. The van der Waals surface area contributed by atoms with E-state index >= 15 is 0 Å². The summed E-state index contributed by atoms with van der Waals surface area (Å²) in [6.07, 6.45) is 0. The van der Waals surface area contributed by atoms with Crippen LogP contribution in [-0.2, 0) is 6.61 Å². The second kappa shape index (κ2) is 8.70. The molecule has 1 unspecified atom stereocenters. The Kier molecular flexibility index (Phi) is 6.62. The molecule has 122 valence electrons. The van der Waals surface area contributed by atoms with Crippen LogP contribution < -0.4 is 15.8 Å². The van der Waals surface area contributed by atoms with Crippen molar-refractivity contribution in [1.82, 2.24) is 5.32 Å². The molecule has 2 rings (SSSR count). The van der Waals surface area contributed by atoms with Crippen molar-refractivity contribution in [2.45, 2.75) is 13.5 Å². The SMILES string of the molecule is CC(CN)CNC(=O)c1ccccc1OCc1ccc(Br)cc1. The number of nitrogens with two attached hydrogens (primary N) is 1. The van der Waals surface area contributed by atoms with E-state index in [9.17, 15) is 4.79 Å². The smallest absolute Gasteiger partial charge is 0.255 e. The Morgan fingerprint density at radius 1 is 1.22 bits per heavy atom. The van der Waals surface area contributed by atoms with Gasteiger partial charge in [-0.1, -0.05) is 47.1 Å². The number of nitrogens with one attached hydrogen (secondary N) is 1. The maximum Gasteiger partial charge on any atom is 0.255 e. The number of halogens is 1. The lowest BCUT2D eigenvalue weighted by atomic mass is 10.1. The average molecular weight is 377 g/mol. The molecular weight excluding hydrogens is 356 g/mol. The van der Waals surface area contributed by atoms with Crippen LogP contribution in [0.4, 0.5) is 0 Å². The van der Waals surface area contributed by atoms with E-state index in [-0.39, 0.29) is 11.8 Å². The van der Waals surface area contributed by atoms with Crippen molar-refractivity contribution in [2.24, 2.45) is 11.7 Å². The fraction of sp³-hybridized carbons (Fsp3) is 0.278. The van der Waals surface area contributed by atoms with Gasteiger partial charge >= 0.3 is 0 Å². The summed E-state index contributed by atoms with van der Waals surface area (Å²) in [4.78, 5) is 12.3. The molecule has 5 heteroatoms. The molecule has 0 spiro atoms. The van der Waals surface area contributed by atoms with Gasteiger partial charge in [-0.3, -0.25) is 4.79 Å². The monoisotopic (exact) mass is 376 g/mol. The Morgan fingerprint density at radius 2 is 1.91 bits per heavy atom. The van der Waals surface area contributed by atoms with Crippen LogP contribution in [-0.4, -0.2) is 19.0 Å². The van der Waals surface area contributed by atoms with Gasteiger partial charge in [0.05, 0.1) is 5.56 Å². The van der Waals surface area contributed by atoms with Crippen molar-refractivity contribution in [3.05, 3.63) is 64.1 Å². The van der Waals surface area contributed by atoms with Crippen LogP contribution in [0.1, 0.15) is 22.8 Å². The van der Waals surface area contributed by atoms with Crippen molar-refractivity contribution >= 4 is 21.8 Å². The van der Waals surface area contributed by atoms with Crippen LogP contribution in [0.2, 0.25) is 0 Å². The van der Waals surface area contributed by atoms with E-state index in [1.807, 2.05) is 43.3 Å². The van der Waals surface area contributed by atoms with Gasteiger partial charge in [0.1, 0.15) is 12.4 Å². The topological polar surface area (TPSA) is 64.3 Å². The number of carbonyl (C=O) groups excluding carboxylic acids is 1. The highest BCUT2D eigenvalue weighted by atomic mass is 79.9. The lowest BCUT2D eigenvalue weighted by Gasteiger charge is -2.13. The lowest BCUT2D eigenvalue weighted by Crippen LogP contribution is -2.31. The molecule has 0 radical (unpaired) electrons. The molecule has 1 amide bonds. The Hall–Kier alpha value is -1.85. The normalized spacial score (nSPS) is 11.8. The summed E-state index contributed by atoms with van der Waals surface area (Å²) in [6, 6.07) is 15.1. The van der Waals surface area contributed by atoms with Crippen molar-refractivity contribution < 1.29 is 9.53 Å². The van der Waals surface area contributed by atoms with Gasteiger partial charge in [-0.25, -0.2) is 0 Å². The predicted octanol–water partition coefficient (Wildman–Crippen LogP) is 3.35. The van der Waals surface area contributed by atoms with E-state index in [1.165, 1.54) is 0 Å². The first-order chi connectivity index (χ1) is 11.1. The van der Waals surface area contributed by atoms with E-state index in [2.05, 4.69) is 21.2 Å². The predicted molar refractivity (Wildman–Crippen MR) is 95.5 cm³/mol. The largest absolute Gasteiger partial charge is 0.488 e. The van der Waals surface area contributed by atoms with E-state index in [1.54, 1.807) is 12.1 Å². The minimum absolute atomic E-state index is 0.142. The molecule has 0 aliphatic rings. The van der Waals surface area contributed by atoms with Crippen molar-refractivity contribution in [1.29, 1.82) is 0 Å². The van der Waals surface area contributed by atoms with Gasteiger partial charge in [-0.2, -0.15) is 0 Å². The van der Waals surface area contributed by atoms with Crippen LogP contribution in [0.25, 0.3) is 0 Å². The van der Waals surface area contributed by atoms with Crippen LogP contribution in [0.5, 0.6) is 5.75 Å². The minimum Gasteiger partial charge on any atom is -0.488 e. The van der Waals surface area contributed by atoms with E-state index in [0.717, 1.165) is 10.0 Å². The minimum atomic E-state index is -0.142. The first-order valence-corrected chi connectivity index (χ1v) is 8.34. The molecule has 0 bridgehead atoms. The standard InChI is InChI=1S/C18H21BrN2O2/c1-13(10-20)11-21-18(22)16-4-2-3-5-17(16)23-12-14-6-8-15(19)9-7-14/h2-9,13H,10-12,20H2,1H3,(H,21,22). The fourth-order valence-corrected chi connectivity index (χ4v) is 2.23. The molecule has 0 aliphatic carbocycles. The van der Waals surface area contributed by atoms with Crippen LogP contribution >= 0.6 is 15.9 Å². The Labute approximate surface area is 145 Å². The first-order valence-electron chi connectivity index (χ1n) is 7.54. The highest BCUT2D eigenvalue weighted by molar-refractivity contribution is 9.10. The zero-order valence-corrected chi connectivity index (χ0v) is 14.7. The van der Waals surface area contributed by atoms with E-state index < -0.39 is 0 Å². The maximum absolute atomic E-state index is 12.3. The molecule has 2 aromatic rings. The molecule has 0 saturated heterocycles. The molecular formula is C18H21BrN2O2. The molecule has 0 fully saturated rings. The van der Waals surface area contributed by atoms with Gasteiger partial charge in [-0.05, 0) is 42.3 Å². The third kappa shape index (κ3) is 5.37. The van der Waals surface area contributed by atoms with Crippen LogP contribution in [0.3, 0.4) is 0 Å². The quantitative estimate of drug-likeness (QED) is 0.778. The van der Waals surface area contributed by atoms with Gasteiger partial charge in [0, 0.05) is 11.0 Å². The second-order valence-corrected chi connectivity index (χ2v) is 6.38. The van der Waals surface area contributed by atoms with Crippen molar-refractivity contribution in [3.8, 4) is 5.75 Å². The van der Waals surface area contributed by atoms with Gasteiger partial charge in [0.25, 0.3) is 5.91 Å². The van der Waals surface area contributed by atoms with E-state index in [0.29, 0.717) is 31.0 Å². The maximum atomic E-state index is 12.3. The summed E-state index contributed by atoms with van der Waals surface area (Å²) in [6.45, 7) is 3.51. The molecule has 23 heavy (non-hydrogen) atoms. The Balaban J connectivity index is 2.02. The lowest BCUT2D eigenvalue weighted by molar-refractivity contribution is 0.0944. The zero-order valence-electron chi connectivity index (χ0n) is 13.1. The molecule has 0 heterocycles. The number of amides is 1. The number of hydrogen-bond acceptors (Lipinski definition) is 3. The number of benzene rings is 2. The van der Waals surface area contributed by atoms with Crippen LogP contribution in [0, 0.1) is 5.92 Å². The van der Waals surface area contributed by atoms with Crippen molar-refractivity contribution in [2.75, 3.05) is 13.1 Å². The van der Waals surface area contributed by atoms with Crippen LogP contribution in [0.15, 0.2) is 53.0 Å². The molecule has 2 aromatic carbocycles. The van der Waals surface area contributed by atoms with Crippen molar-refractivity contribution in [3.63, 3.8) is 0 Å². The summed E-state index contributed by atoms with van der Waals surface area (Å²) in [5, 5.41) is 2.89. The second-order valence-electron chi connectivity index (χ2n) is 5.46. The van der Waals surface area contributed by atoms with Gasteiger partial charge in [-0.15, -0.1) is 0 Å². The molecule has 0 aliphatic heterocycles. The molecule has 3 N–H and O–H groups in total. The van der Waals surface area contributed by atoms with E-state index in [4.69, 9.17) is 10.5 Å². The van der Waals surface area contributed by atoms with Gasteiger partial charge < -0.3 is 15.8 Å². The third-order valence-corrected chi connectivity index (χ3v) is 3.98. The zero-order chi connectivity index (χ0) is 16.7.